The molecular weight excluding hydrogens is 426 g/mol. The van der Waals surface area contributed by atoms with Crippen molar-refractivity contribution in [2.75, 3.05) is 19.7 Å². The van der Waals surface area contributed by atoms with E-state index in [0.29, 0.717) is 18.4 Å². The summed E-state index contributed by atoms with van der Waals surface area (Å²) in [6.45, 7) is 6.95. The number of carbonyl (C=O) groups excluding carboxylic acids is 1. The van der Waals surface area contributed by atoms with Crippen LogP contribution in [0.15, 0.2) is 47.1 Å². The maximum absolute atomic E-state index is 12.9. The molecule has 4 aliphatic rings. The summed E-state index contributed by atoms with van der Waals surface area (Å²) in [5.41, 5.74) is 2.88. The maximum Gasteiger partial charge on any atom is 0.310 e. The van der Waals surface area contributed by atoms with Crippen molar-refractivity contribution in [1.82, 2.24) is 5.32 Å². The van der Waals surface area contributed by atoms with Gasteiger partial charge < -0.3 is 19.2 Å². The molecule has 4 fully saturated rings. The van der Waals surface area contributed by atoms with Gasteiger partial charge in [0.15, 0.2) is 0 Å². The zero-order chi connectivity index (χ0) is 23.3. The highest BCUT2D eigenvalue weighted by molar-refractivity contribution is 5.75. The molecule has 0 unspecified atom stereocenters. The molecule has 1 N–H and O–H groups in total. The first kappa shape index (κ1) is 22.4. The molecule has 3 heterocycles. The molecule has 7 atom stereocenters. The minimum absolute atomic E-state index is 0.00312. The van der Waals surface area contributed by atoms with Crippen molar-refractivity contribution >= 4 is 5.97 Å². The first-order chi connectivity index (χ1) is 16.5. The van der Waals surface area contributed by atoms with Gasteiger partial charge in [0.1, 0.15) is 11.9 Å². The fourth-order valence-electron chi connectivity index (χ4n) is 7.46. The molecule has 2 saturated carbocycles. The summed E-state index contributed by atoms with van der Waals surface area (Å²) in [6.07, 6.45) is 8.48. The summed E-state index contributed by atoms with van der Waals surface area (Å²) >= 11 is 0. The lowest BCUT2D eigenvalue weighted by atomic mass is 9.53. The van der Waals surface area contributed by atoms with Gasteiger partial charge in [-0.2, -0.15) is 0 Å². The fourth-order valence-corrected chi connectivity index (χ4v) is 7.46. The Kier molecular flexibility index (Phi) is 5.61. The third-order valence-electron chi connectivity index (χ3n) is 9.42. The lowest BCUT2D eigenvalue weighted by Crippen LogP contribution is -2.51. The monoisotopic (exact) mass is 463 g/mol. The number of furan rings is 1. The number of epoxide rings is 1. The molecular formula is C29H37NO4. The van der Waals surface area contributed by atoms with Gasteiger partial charge in [0.05, 0.1) is 24.4 Å². The highest BCUT2D eigenvalue weighted by Gasteiger charge is 2.64. The molecule has 5 heteroatoms. The van der Waals surface area contributed by atoms with E-state index in [-0.39, 0.29) is 34.9 Å². The van der Waals surface area contributed by atoms with Crippen LogP contribution in [0.4, 0.5) is 0 Å². The van der Waals surface area contributed by atoms with Crippen LogP contribution in [0.2, 0.25) is 0 Å². The lowest BCUT2D eigenvalue weighted by Gasteiger charge is -2.51. The Bertz CT molecular complexity index is 1010. The van der Waals surface area contributed by atoms with Gasteiger partial charge in [0.2, 0.25) is 0 Å². The lowest BCUT2D eigenvalue weighted by molar-refractivity contribution is -0.147. The SMILES string of the molecule is Cc1ccc([C@@H](CCNC[C@H]2C(=O)O[C@@H]3C[C@@]4(C)CCC[C@]5(CO5)[C@H]4C[C@H]32)c2ccco2)cc1. The second-order valence-corrected chi connectivity index (χ2v) is 11.6. The largest absolute Gasteiger partial charge is 0.469 e. The molecule has 2 aromatic rings. The zero-order valence-electron chi connectivity index (χ0n) is 20.4. The van der Waals surface area contributed by atoms with Crippen LogP contribution in [0.1, 0.15) is 68.3 Å². The molecule has 182 valence electrons. The molecule has 0 radical (unpaired) electrons. The molecule has 6 rings (SSSR count). The summed E-state index contributed by atoms with van der Waals surface area (Å²) in [5, 5.41) is 3.61. The first-order valence-electron chi connectivity index (χ1n) is 13.1. The number of fused-ring (bicyclic) bond motifs is 3. The summed E-state index contributed by atoms with van der Waals surface area (Å²) in [5.74, 6) is 2.03. The summed E-state index contributed by atoms with van der Waals surface area (Å²) < 4.78 is 17.8. The number of benzene rings is 1. The number of hydrogen-bond acceptors (Lipinski definition) is 5. The maximum atomic E-state index is 12.9. The number of hydrogen-bond donors (Lipinski definition) is 1. The van der Waals surface area contributed by atoms with Gasteiger partial charge in [-0.1, -0.05) is 36.8 Å². The van der Waals surface area contributed by atoms with Crippen molar-refractivity contribution < 1.29 is 18.7 Å². The van der Waals surface area contributed by atoms with Gasteiger partial charge >= 0.3 is 5.97 Å². The second-order valence-electron chi connectivity index (χ2n) is 11.6. The minimum atomic E-state index is -0.0475. The molecule has 1 aromatic heterocycles. The van der Waals surface area contributed by atoms with E-state index in [4.69, 9.17) is 13.9 Å². The van der Waals surface area contributed by atoms with Crippen LogP contribution in [0.5, 0.6) is 0 Å². The minimum Gasteiger partial charge on any atom is -0.469 e. The van der Waals surface area contributed by atoms with Gasteiger partial charge in [-0.05, 0) is 81.0 Å². The topological polar surface area (TPSA) is 64.0 Å². The van der Waals surface area contributed by atoms with E-state index in [1.54, 1.807) is 6.26 Å². The van der Waals surface area contributed by atoms with Crippen molar-refractivity contribution in [3.8, 4) is 0 Å². The average Bonchev–Trinajstić information content (AvgIpc) is 3.24. The first-order valence-corrected chi connectivity index (χ1v) is 13.1. The summed E-state index contributed by atoms with van der Waals surface area (Å²) in [4.78, 5) is 12.9. The van der Waals surface area contributed by atoms with Crippen LogP contribution < -0.4 is 5.32 Å². The molecule has 2 aliphatic heterocycles. The smallest absolute Gasteiger partial charge is 0.310 e. The zero-order valence-corrected chi connectivity index (χ0v) is 20.4. The second kappa shape index (κ2) is 8.53. The Balaban J connectivity index is 1.09. The number of rotatable bonds is 7. The van der Waals surface area contributed by atoms with Crippen LogP contribution in [0.25, 0.3) is 0 Å². The van der Waals surface area contributed by atoms with E-state index in [0.717, 1.165) is 38.2 Å². The molecule has 0 amide bonds. The standard InChI is InChI=1S/C29H37NO4/c1-19-6-8-20(9-7-19)21(24-5-3-14-32-24)10-13-30-17-23-22-15-26-28(2,16-25(22)34-27(23)31)11-4-12-29(26)18-33-29/h3,5-9,14,21-23,25-26,30H,4,10-13,15-18H2,1-2H3/t21-,22+,23-,25-,26+,28-,29+/m1/s1. The molecule has 1 aromatic carbocycles. The Morgan fingerprint density at radius 2 is 2.00 bits per heavy atom. The summed E-state index contributed by atoms with van der Waals surface area (Å²) in [7, 11) is 0. The van der Waals surface area contributed by atoms with Crippen LogP contribution in [0, 0.1) is 30.1 Å². The number of aryl methyl sites for hydroxylation is 1. The number of ether oxygens (including phenoxy) is 2. The van der Waals surface area contributed by atoms with Crippen LogP contribution in [0.3, 0.4) is 0 Å². The van der Waals surface area contributed by atoms with Crippen molar-refractivity contribution in [3.05, 3.63) is 59.5 Å². The molecule has 2 aliphatic carbocycles. The van der Waals surface area contributed by atoms with Crippen molar-refractivity contribution in [1.29, 1.82) is 0 Å². The van der Waals surface area contributed by atoms with Crippen LogP contribution in [-0.2, 0) is 14.3 Å². The number of esters is 1. The van der Waals surface area contributed by atoms with E-state index in [9.17, 15) is 4.79 Å². The van der Waals surface area contributed by atoms with Crippen molar-refractivity contribution in [3.63, 3.8) is 0 Å². The average molecular weight is 464 g/mol. The van der Waals surface area contributed by atoms with E-state index in [2.05, 4.69) is 49.5 Å². The Morgan fingerprint density at radius 1 is 1.18 bits per heavy atom. The Hall–Kier alpha value is -2.11. The van der Waals surface area contributed by atoms with Gasteiger partial charge in [0, 0.05) is 18.4 Å². The highest BCUT2D eigenvalue weighted by atomic mass is 16.6. The van der Waals surface area contributed by atoms with Crippen LogP contribution >= 0.6 is 0 Å². The molecule has 0 bridgehead atoms. The predicted molar refractivity (Wildman–Crippen MR) is 129 cm³/mol. The third-order valence-corrected chi connectivity index (χ3v) is 9.42. The van der Waals surface area contributed by atoms with Crippen molar-refractivity contribution in [2.24, 2.45) is 23.2 Å². The van der Waals surface area contributed by atoms with E-state index >= 15 is 0 Å². The van der Waals surface area contributed by atoms with Gasteiger partial charge in [0.25, 0.3) is 0 Å². The molecule has 2 saturated heterocycles. The highest BCUT2D eigenvalue weighted by Crippen LogP contribution is 2.62. The van der Waals surface area contributed by atoms with E-state index in [1.165, 1.54) is 30.4 Å². The predicted octanol–water partition coefficient (Wildman–Crippen LogP) is 5.23. The molecule has 34 heavy (non-hydrogen) atoms. The van der Waals surface area contributed by atoms with E-state index < -0.39 is 0 Å². The molecule has 1 spiro atoms. The summed E-state index contributed by atoms with van der Waals surface area (Å²) in [6, 6.07) is 12.7. The van der Waals surface area contributed by atoms with Gasteiger partial charge in [-0.25, -0.2) is 0 Å². The fraction of sp³-hybridized carbons (Fsp3) is 0.621. The van der Waals surface area contributed by atoms with Crippen LogP contribution in [-0.4, -0.2) is 37.4 Å². The number of carbonyl (C=O) groups is 1. The quantitative estimate of drug-likeness (QED) is 0.346. The van der Waals surface area contributed by atoms with Gasteiger partial charge in [-0.3, -0.25) is 4.79 Å². The molecule has 5 nitrogen and oxygen atoms in total. The van der Waals surface area contributed by atoms with Gasteiger partial charge in [-0.15, -0.1) is 0 Å². The Labute approximate surface area is 202 Å². The van der Waals surface area contributed by atoms with Crippen molar-refractivity contribution in [2.45, 2.75) is 70.0 Å². The number of nitrogens with one attached hydrogen (secondary N) is 1. The Morgan fingerprint density at radius 3 is 2.74 bits per heavy atom. The third kappa shape index (κ3) is 3.91. The normalized spacial score (nSPS) is 37.2. The van der Waals surface area contributed by atoms with E-state index in [1.807, 2.05) is 6.07 Å².